The van der Waals surface area contributed by atoms with Gasteiger partial charge in [0.2, 0.25) is 5.91 Å². The van der Waals surface area contributed by atoms with Gasteiger partial charge in [-0.1, -0.05) is 41.4 Å². The Kier molecular flexibility index (Phi) is 6.41. The predicted octanol–water partition coefficient (Wildman–Crippen LogP) is 4.82. The first-order chi connectivity index (χ1) is 11.5. The summed E-state index contributed by atoms with van der Waals surface area (Å²) in [4.78, 5) is 23.9. The molecule has 0 unspecified atom stereocenters. The third-order valence-corrected chi connectivity index (χ3v) is 3.79. The molecule has 6 heteroatoms. The smallest absolute Gasteiger partial charge is 0.340 e. The lowest BCUT2D eigenvalue weighted by Gasteiger charge is -2.08. The van der Waals surface area contributed by atoms with E-state index in [4.69, 9.17) is 27.9 Å². The molecule has 0 aliphatic heterocycles. The number of carbonyl (C=O) groups excluding carboxylic acids is 2. The summed E-state index contributed by atoms with van der Waals surface area (Å²) in [6.45, 7) is 1.98. The number of anilines is 1. The largest absolute Gasteiger partial charge is 0.462 e. The number of para-hydroxylation sites is 1. The van der Waals surface area contributed by atoms with Gasteiger partial charge in [-0.05, 0) is 42.8 Å². The van der Waals surface area contributed by atoms with Crippen molar-refractivity contribution < 1.29 is 14.3 Å². The van der Waals surface area contributed by atoms with Crippen LogP contribution in [0.4, 0.5) is 5.69 Å². The van der Waals surface area contributed by atoms with E-state index < -0.39 is 5.97 Å². The van der Waals surface area contributed by atoms with E-state index in [-0.39, 0.29) is 12.5 Å². The van der Waals surface area contributed by atoms with E-state index >= 15 is 0 Å². The molecular formula is C18H15Cl2NO3. The summed E-state index contributed by atoms with van der Waals surface area (Å²) in [7, 11) is 0. The van der Waals surface area contributed by atoms with Crippen molar-refractivity contribution in [1.29, 1.82) is 0 Å². The highest BCUT2D eigenvalue weighted by atomic mass is 35.5. The molecule has 0 spiro atoms. The summed E-state index contributed by atoms with van der Waals surface area (Å²) in [6, 6.07) is 11.7. The van der Waals surface area contributed by atoms with Crippen LogP contribution in [-0.4, -0.2) is 18.5 Å². The Hall–Kier alpha value is -2.30. The van der Waals surface area contributed by atoms with Gasteiger partial charge in [0.25, 0.3) is 0 Å². The highest BCUT2D eigenvalue weighted by molar-refractivity contribution is 6.42. The summed E-state index contributed by atoms with van der Waals surface area (Å²) in [5, 5.41) is 3.52. The van der Waals surface area contributed by atoms with Gasteiger partial charge in [-0.2, -0.15) is 0 Å². The SMILES string of the molecule is CCOC(=O)c1ccccc1NC(=O)C=Cc1ccc(Cl)c(Cl)c1. The Morgan fingerprint density at radius 1 is 1.12 bits per heavy atom. The van der Waals surface area contributed by atoms with E-state index in [9.17, 15) is 9.59 Å². The normalized spacial score (nSPS) is 10.6. The van der Waals surface area contributed by atoms with Gasteiger partial charge >= 0.3 is 5.97 Å². The molecule has 0 saturated carbocycles. The number of hydrogen-bond acceptors (Lipinski definition) is 3. The van der Waals surface area contributed by atoms with Crippen LogP contribution in [0.1, 0.15) is 22.8 Å². The van der Waals surface area contributed by atoms with Crippen LogP contribution < -0.4 is 5.32 Å². The maximum absolute atomic E-state index is 12.1. The number of benzene rings is 2. The molecule has 4 nitrogen and oxygen atoms in total. The minimum atomic E-state index is -0.484. The van der Waals surface area contributed by atoms with Gasteiger partial charge in [0.1, 0.15) is 0 Å². The van der Waals surface area contributed by atoms with E-state index in [1.54, 1.807) is 55.5 Å². The van der Waals surface area contributed by atoms with Crippen molar-refractivity contribution in [3.63, 3.8) is 0 Å². The molecular weight excluding hydrogens is 349 g/mol. The van der Waals surface area contributed by atoms with Gasteiger partial charge in [0.05, 0.1) is 27.9 Å². The minimum absolute atomic E-state index is 0.262. The maximum atomic E-state index is 12.1. The lowest BCUT2D eigenvalue weighted by atomic mass is 10.1. The van der Waals surface area contributed by atoms with Crippen LogP contribution >= 0.6 is 23.2 Å². The number of hydrogen-bond donors (Lipinski definition) is 1. The minimum Gasteiger partial charge on any atom is -0.462 e. The second-order valence-electron chi connectivity index (χ2n) is 4.76. The second kappa shape index (κ2) is 8.52. The van der Waals surface area contributed by atoms with Crippen LogP contribution in [0.15, 0.2) is 48.5 Å². The fourth-order valence-corrected chi connectivity index (χ4v) is 2.25. The Balaban J connectivity index is 2.11. The van der Waals surface area contributed by atoms with Gasteiger partial charge < -0.3 is 10.1 Å². The first-order valence-electron chi connectivity index (χ1n) is 7.21. The number of ether oxygens (including phenoxy) is 1. The zero-order valence-electron chi connectivity index (χ0n) is 12.9. The van der Waals surface area contributed by atoms with Crippen LogP contribution in [0.5, 0.6) is 0 Å². The number of esters is 1. The van der Waals surface area contributed by atoms with Crippen LogP contribution in [-0.2, 0) is 9.53 Å². The van der Waals surface area contributed by atoms with E-state index in [0.717, 1.165) is 5.56 Å². The molecule has 2 aromatic rings. The molecule has 0 aliphatic rings. The topological polar surface area (TPSA) is 55.4 Å². The average Bonchev–Trinajstić information content (AvgIpc) is 2.56. The van der Waals surface area contributed by atoms with Crippen molar-refractivity contribution in [2.75, 3.05) is 11.9 Å². The van der Waals surface area contributed by atoms with Gasteiger partial charge in [0, 0.05) is 6.08 Å². The van der Waals surface area contributed by atoms with Crippen molar-refractivity contribution in [2.24, 2.45) is 0 Å². The molecule has 0 saturated heterocycles. The summed E-state index contributed by atoms with van der Waals surface area (Å²) in [5.41, 5.74) is 1.42. The van der Waals surface area contributed by atoms with Gasteiger partial charge in [-0.3, -0.25) is 4.79 Å². The van der Waals surface area contributed by atoms with E-state index in [2.05, 4.69) is 5.32 Å². The summed E-state index contributed by atoms with van der Waals surface area (Å²) in [5.74, 6) is -0.861. The second-order valence-corrected chi connectivity index (χ2v) is 5.58. The molecule has 0 atom stereocenters. The quantitative estimate of drug-likeness (QED) is 0.611. The number of carbonyl (C=O) groups is 2. The third kappa shape index (κ3) is 4.85. The van der Waals surface area contributed by atoms with Gasteiger partial charge in [-0.15, -0.1) is 0 Å². The van der Waals surface area contributed by atoms with Crippen LogP contribution in [0, 0.1) is 0 Å². The molecule has 0 heterocycles. The fourth-order valence-electron chi connectivity index (χ4n) is 1.94. The standard InChI is InChI=1S/C18H15Cl2NO3/c1-2-24-18(23)13-5-3-4-6-16(13)21-17(22)10-8-12-7-9-14(19)15(20)11-12/h3-11H,2H2,1H3,(H,21,22). The maximum Gasteiger partial charge on any atom is 0.340 e. The summed E-state index contributed by atoms with van der Waals surface area (Å²) < 4.78 is 4.97. The molecule has 0 bridgehead atoms. The molecule has 1 amide bonds. The molecule has 2 aromatic carbocycles. The van der Waals surface area contributed by atoms with Gasteiger partial charge in [0.15, 0.2) is 0 Å². The predicted molar refractivity (Wildman–Crippen MR) is 96.5 cm³/mol. The lowest BCUT2D eigenvalue weighted by molar-refractivity contribution is -0.111. The summed E-state index contributed by atoms with van der Waals surface area (Å²) in [6.07, 6.45) is 2.95. The molecule has 0 radical (unpaired) electrons. The van der Waals surface area contributed by atoms with Crippen molar-refractivity contribution >= 4 is 46.8 Å². The molecule has 0 aromatic heterocycles. The number of amides is 1. The van der Waals surface area contributed by atoms with E-state index in [1.165, 1.54) is 6.08 Å². The molecule has 124 valence electrons. The molecule has 2 rings (SSSR count). The highest BCUT2D eigenvalue weighted by Gasteiger charge is 2.12. The first-order valence-corrected chi connectivity index (χ1v) is 7.97. The van der Waals surface area contributed by atoms with Crippen molar-refractivity contribution in [3.05, 3.63) is 69.7 Å². The van der Waals surface area contributed by atoms with Crippen LogP contribution in [0.25, 0.3) is 6.08 Å². The molecule has 1 N–H and O–H groups in total. The Labute approximate surface area is 150 Å². The number of rotatable bonds is 5. The van der Waals surface area contributed by atoms with Crippen LogP contribution in [0.3, 0.4) is 0 Å². The Bertz CT molecular complexity index is 788. The van der Waals surface area contributed by atoms with Crippen LogP contribution in [0.2, 0.25) is 10.0 Å². The lowest BCUT2D eigenvalue weighted by Crippen LogP contribution is -2.13. The Morgan fingerprint density at radius 2 is 1.88 bits per heavy atom. The average molecular weight is 364 g/mol. The van der Waals surface area contributed by atoms with E-state index in [1.807, 2.05) is 0 Å². The van der Waals surface area contributed by atoms with Crippen molar-refractivity contribution in [2.45, 2.75) is 6.92 Å². The van der Waals surface area contributed by atoms with Crippen molar-refractivity contribution in [1.82, 2.24) is 0 Å². The monoisotopic (exact) mass is 363 g/mol. The highest BCUT2D eigenvalue weighted by Crippen LogP contribution is 2.23. The molecule has 24 heavy (non-hydrogen) atoms. The van der Waals surface area contributed by atoms with E-state index in [0.29, 0.717) is 21.3 Å². The summed E-state index contributed by atoms with van der Waals surface area (Å²) >= 11 is 11.8. The van der Waals surface area contributed by atoms with Crippen molar-refractivity contribution in [3.8, 4) is 0 Å². The molecule has 0 fully saturated rings. The first kappa shape index (κ1) is 18.0. The fraction of sp³-hybridized carbons (Fsp3) is 0.111. The zero-order chi connectivity index (χ0) is 17.5. The number of halogens is 2. The third-order valence-electron chi connectivity index (χ3n) is 3.05. The number of nitrogens with one attached hydrogen (secondary N) is 1. The Morgan fingerprint density at radius 3 is 2.58 bits per heavy atom. The zero-order valence-corrected chi connectivity index (χ0v) is 14.4. The van der Waals surface area contributed by atoms with Gasteiger partial charge in [-0.25, -0.2) is 4.79 Å². The molecule has 0 aliphatic carbocycles.